The van der Waals surface area contributed by atoms with Crippen molar-refractivity contribution in [1.82, 2.24) is 5.32 Å². The number of unbranched alkanes of at least 4 members (excludes halogenated alkanes) is 1. The van der Waals surface area contributed by atoms with E-state index >= 15 is 0 Å². The molecule has 1 unspecified atom stereocenters. The lowest BCUT2D eigenvalue weighted by Crippen LogP contribution is -2.25. The van der Waals surface area contributed by atoms with Gasteiger partial charge >= 0.3 is 0 Å². The van der Waals surface area contributed by atoms with E-state index in [1.807, 2.05) is 0 Å². The quantitative estimate of drug-likeness (QED) is 0.676. The minimum Gasteiger partial charge on any atom is -0.383 e. The van der Waals surface area contributed by atoms with Gasteiger partial charge in [0.15, 0.2) is 0 Å². The molecule has 18 heavy (non-hydrogen) atoms. The highest BCUT2D eigenvalue weighted by Gasteiger charge is 2.10. The number of methoxy groups -OCH3 is 1. The normalized spacial score (nSPS) is 12.6. The van der Waals surface area contributed by atoms with Gasteiger partial charge in [-0.1, -0.05) is 49.6 Å². The Morgan fingerprint density at radius 2 is 1.94 bits per heavy atom. The van der Waals surface area contributed by atoms with Crippen LogP contribution < -0.4 is 5.32 Å². The van der Waals surface area contributed by atoms with Crippen molar-refractivity contribution in [3.05, 3.63) is 35.4 Å². The van der Waals surface area contributed by atoms with Gasteiger partial charge in [0.25, 0.3) is 0 Å². The molecule has 0 aliphatic rings. The van der Waals surface area contributed by atoms with Crippen LogP contribution in [-0.4, -0.2) is 26.8 Å². The Bertz CT molecular complexity index is 307. The lowest BCUT2D eigenvalue weighted by atomic mass is 9.93. The Labute approximate surface area is 112 Å². The average molecular weight is 249 g/mol. The van der Waals surface area contributed by atoms with Crippen molar-refractivity contribution in [3.63, 3.8) is 0 Å². The van der Waals surface area contributed by atoms with Crippen LogP contribution in [0.15, 0.2) is 24.3 Å². The molecule has 1 aromatic rings. The third-order valence-electron chi connectivity index (χ3n) is 3.33. The molecule has 1 atom stereocenters. The number of nitrogens with one attached hydrogen (secondary N) is 1. The molecule has 0 spiro atoms. The SMILES string of the molecule is CCCCC(CNCCOC)c1ccc(C)cc1. The molecule has 0 aliphatic heterocycles. The molecule has 102 valence electrons. The fraction of sp³-hybridized carbons (Fsp3) is 0.625. The summed E-state index contributed by atoms with van der Waals surface area (Å²) in [6.07, 6.45) is 3.82. The summed E-state index contributed by atoms with van der Waals surface area (Å²) in [6, 6.07) is 8.97. The molecule has 1 N–H and O–H groups in total. The third-order valence-corrected chi connectivity index (χ3v) is 3.33. The Kier molecular flexibility index (Phi) is 7.70. The van der Waals surface area contributed by atoms with E-state index in [1.54, 1.807) is 7.11 Å². The molecular weight excluding hydrogens is 222 g/mol. The van der Waals surface area contributed by atoms with E-state index in [0.717, 1.165) is 19.7 Å². The molecule has 0 aliphatic carbocycles. The summed E-state index contributed by atoms with van der Waals surface area (Å²) in [4.78, 5) is 0. The van der Waals surface area contributed by atoms with Crippen LogP contribution in [0.4, 0.5) is 0 Å². The van der Waals surface area contributed by atoms with Crippen molar-refractivity contribution < 1.29 is 4.74 Å². The van der Waals surface area contributed by atoms with E-state index in [-0.39, 0.29) is 0 Å². The topological polar surface area (TPSA) is 21.3 Å². The van der Waals surface area contributed by atoms with Crippen LogP contribution in [-0.2, 0) is 4.74 Å². The first-order chi connectivity index (χ1) is 8.77. The molecule has 0 bridgehead atoms. The van der Waals surface area contributed by atoms with Gasteiger partial charge in [0.2, 0.25) is 0 Å². The predicted molar refractivity (Wildman–Crippen MR) is 78.2 cm³/mol. The standard InChI is InChI=1S/C16H27NO/c1-4-5-6-16(13-17-11-12-18-3)15-9-7-14(2)8-10-15/h7-10,16-17H,4-6,11-13H2,1-3H3. The first-order valence-corrected chi connectivity index (χ1v) is 7.04. The first kappa shape index (κ1) is 15.2. The average Bonchev–Trinajstić information content (AvgIpc) is 2.39. The second-order valence-electron chi connectivity index (χ2n) is 4.95. The molecule has 2 heteroatoms. The maximum Gasteiger partial charge on any atom is 0.0587 e. The Morgan fingerprint density at radius 3 is 2.56 bits per heavy atom. The van der Waals surface area contributed by atoms with Gasteiger partial charge in [0.05, 0.1) is 6.61 Å². The van der Waals surface area contributed by atoms with Gasteiger partial charge in [-0.3, -0.25) is 0 Å². The van der Waals surface area contributed by atoms with Crippen molar-refractivity contribution in [2.24, 2.45) is 0 Å². The fourth-order valence-corrected chi connectivity index (χ4v) is 2.13. The van der Waals surface area contributed by atoms with Crippen LogP contribution in [0.2, 0.25) is 0 Å². The molecule has 2 nitrogen and oxygen atoms in total. The maximum absolute atomic E-state index is 5.06. The number of benzene rings is 1. The van der Waals surface area contributed by atoms with E-state index in [4.69, 9.17) is 4.74 Å². The maximum atomic E-state index is 5.06. The summed E-state index contributed by atoms with van der Waals surface area (Å²) >= 11 is 0. The van der Waals surface area contributed by atoms with E-state index in [9.17, 15) is 0 Å². The number of hydrogen-bond donors (Lipinski definition) is 1. The Balaban J connectivity index is 2.51. The molecule has 0 fully saturated rings. The van der Waals surface area contributed by atoms with Crippen LogP contribution in [0.3, 0.4) is 0 Å². The van der Waals surface area contributed by atoms with Crippen LogP contribution in [0, 0.1) is 6.92 Å². The summed E-state index contributed by atoms with van der Waals surface area (Å²) < 4.78 is 5.06. The lowest BCUT2D eigenvalue weighted by Gasteiger charge is -2.18. The number of aryl methyl sites for hydroxylation is 1. The van der Waals surface area contributed by atoms with E-state index in [2.05, 4.69) is 43.4 Å². The van der Waals surface area contributed by atoms with Crippen LogP contribution in [0.5, 0.6) is 0 Å². The van der Waals surface area contributed by atoms with E-state index < -0.39 is 0 Å². The van der Waals surface area contributed by atoms with E-state index in [0.29, 0.717) is 5.92 Å². The van der Waals surface area contributed by atoms with Gasteiger partial charge < -0.3 is 10.1 Å². The van der Waals surface area contributed by atoms with Crippen molar-refractivity contribution in [3.8, 4) is 0 Å². The minimum absolute atomic E-state index is 0.627. The van der Waals surface area contributed by atoms with Gasteiger partial charge in [-0.25, -0.2) is 0 Å². The predicted octanol–water partition coefficient (Wildman–Crippen LogP) is 3.50. The summed E-state index contributed by atoms with van der Waals surface area (Å²) in [5, 5.41) is 3.48. The van der Waals surface area contributed by atoms with Crippen LogP contribution >= 0.6 is 0 Å². The van der Waals surface area contributed by atoms with Gasteiger partial charge in [-0.15, -0.1) is 0 Å². The third kappa shape index (κ3) is 5.65. The highest BCUT2D eigenvalue weighted by molar-refractivity contribution is 5.24. The lowest BCUT2D eigenvalue weighted by molar-refractivity contribution is 0.198. The Hall–Kier alpha value is -0.860. The molecule has 0 aromatic heterocycles. The molecule has 0 heterocycles. The van der Waals surface area contributed by atoms with Gasteiger partial charge in [0.1, 0.15) is 0 Å². The largest absolute Gasteiger partial charge is 0.383 e. The summed E-state index contributed by atoms with van der Waals surface area (Å²) in [7, 11) is 1.75. The molecule has 0 amide bonds. The molecule has 0 saturated carbocycles. The van der Waals surface area contributed by atoms with Crippen LogP contribution in [0.1, 0.15) is 43.2 Å². The number of hydrogen-bond acceptors (Lipinski definition) is 2. The van der Waals surface area contributed by atoms with Crippen molar-refractivity contribution in [2.75, 3.05) is 26.8 Å². The second kappa shape index (κ2) is 9.12. The zero-order valence-corrected chi connectivity index (χ0v) is 12.0. The summed E-state index contributed by atoms with van der Waals surface area (Å²) in [6.45, 7) is 7.16. The molecular formula is C16H27NO. The summed E-state index contributed by atoms with van der Waals surface area (Å²) in [5.41, 5.74) is 2.79. The minimum atomic E-state index is 0.627. The second-order valence-corrected chi connectivity index (χ2v) is 4.95. The highest BCUT2D eigenvalue weighted by atomic mass is 16.5. The molecule has 0 saturated heterocycles. The van der Waals surface area contributed by atoms with Gasteiger partial charge in [-0.05, 0) is 24.8 Å². The van der Waals surface area contributed by atoms with Crippen LogP contribution in [0.25, 0.3) is 0 Å². The molecule has 1 aromatic carbocycles. The smallest absolute Gasteiger partial charge is 0.0587 e. The van der Waals surface area contributed by atoms with Crippen molar-refractivity contribution in [1.29, 1.82) is 0 Å². The van der Waals surface area contributed by atoms with Gasteiger partial charge in [-0.2, -0.15) is 0 Å². The Morgan fingerprint density at radius 1 is 1.22 bits per heavy atom. The monoisotopic (exact) mass is 249 g/mol. The highest BCUT2D eigenvalue weighted by Crippen LogP contribution is 2.21. The molecule has 1 rings (SSSR count). The zero-order chi connectivity index (χ0) is 13.2. The number of rotatable bonds is 9. The van der Waals surface area contributed by atoms with Crippen molar-refractivity contribution in [2.45, 2.75) is 39.0 Å². The summed E-state index contributed by atoms with van der Waals surface area (Å²) in [5.74, 6) is 0.627. The van der Waals surface area contributed by atoms with Gasteiger partial charge in [0, 0.05) is 20.2 Å². The van der Waals surface area contributed by atoms with E-state index in [1.165, 1.54) is 30.4 Å². The van der Waals surface area contributed by atoms with Crippen molar-refractivity contribution >= 4 is 0 Å². The molecule has 0 radical (unpaired) electrons. The number of ether oxygens (including phenoxy) is 1. The zero-order valence-electron chi connectivity index (χ0n) is 12.0. The first-order valence-electron chi connectivity index (χ1n) is 7.04. The fourth-order valence-electron chi connectivity index (χ4n) is 2.13.